The van der Waals surface area contributed by atoms with Crippen molar-refractivity contribution >= 4 is 38.2 Å². The molecule has 4 nitrogen and oxygen atoms in total. The molecule has 5 rings (SSSR count). The van der Waals surface area contributed by atoms with E-state index in [4.69, 9.17) is 0 Å². The number of nitrogens with zero attached hydrogens (tertiary/aromatic N) is 2. The van der Waals surface area contributed by atoms with Crippen LogP contribution in [0.15, 0.2) is 72.8 Å². The fraction of sp³-hybridized carbons (Fsp3) is 0.342. The number of hydrogen-bond acceptors (Lipinski definition) is 4. The molecule has 0 saturated heterocycles. The quantitative estimate of drug-likeness (QED) is 0.0564. The van der Waals surface area contributed by atoms with Crippen molar-refractivity contribution in [1.82, 2.24) is 9.97 Å². The number of fused-ring (bicyclic) bond motifs is 4. The molecule has 0 aliphatic rings. The van der Waals surface area contributed by atoms with E-state index >= 15 is 0 Å². The Morgan fingerprint density at radius 2 is 1.49 bits per heavy atom. The number of carbonyl (C=O) groups excluding carboxylic acids is 1. The van der Waals surface area contributed by atoms with Crippen LogP contribution in [0, 0.1) is 38.7 Å². The molecular weight excluding hydrogens is 709 g/mol. The van der Waals surface area contributed by atoms with Crippen molar-refractivity contribution in [3.8, 4) is 11.3 Å². The summed E-state index contributed by atoms with van der Waals surface area (Å²) in [6.07, 6.45) is 6.58. The van der Waals surface area contributed by atoms with Gasteiger partial charge in [0, 0.05) is 38.0 Å². The van der Waals surface area contributed by atoms with Gasteiger partial charge in [0.25, 0.3) is 0 Å². The van der Waals surface area contributed by atoms with Gasteiger partial charge in [0.15, 0.2) is 5.78 Å². The Morgan fingerprint density at radius 1 is 0.814 bits per heavy atom. The molecule has 5 aromatic rings. The molecular formula is C38H43IrN2O2-. The summed E-state index contributed by atoms with van der Waals surface area (Å²) in [4.78, 5) is 21.0. The predicted octanol–water partition coefficient (Wildman–Crippen LogP) is 10.2. The zero-order valence-electron chi connectivity index (χ0n) is 26.4. The number of hydrogen-bond donors (Lipinski definition) is 1. The zero-order valence-corrected chi connectivity index (χ0v) is 28.8. The molecule has 1 aromatic heterocycles. The third-order valence-corrected chi connectivity index (χ3v) is 8.39. The Hall–Kier alpha value is -3.40. The summed E-state index contributed by atoms with van der Waals surface area (Å²) >= 11 is 0. The summed E-state index contributed by atoms with van der Waals surface area (Å²) in [7, 11) is 0. The largest absolute Gasteiger partial charge is 0.512 e. The first-order chi connectivity index (χ1) is 20.2. The molecule has 0 unspecified atom stereocenters. The fourth-order valence-electron chi connectivity index (χ4n) is 5.90. The first-order valence-electron chi connectivity index (χ1n) is 15.2. The number of aliphatic hydroxyl groups excluding tert-OH is 1. The zero-order chi connectivity index (χ0) is 30.4. The molecule has 1 radical (unpaired) electrons. The minimum atomic E-state index is 0. The molecule has 0 aliphatic carbocycles. The Balaban J connectivity index is 0.000000274. The number of carbonyl (C=O) groups is 1. The van der Waals surface area contributed by atoms with Gasteiger partial charge in [0.1, 0.15) is 6.33 Å². The predicted molar refractivity (Wildman–Crippen MR) is 177 cm³/mol. The summed E-state index contributed by atoms with van der Waals surface area (Å²) < 4.78 is 0. The second-order valence-electron chi connectivity index (χ2n) is 11.3. The van der Waals surface area contributed by atoms with Gasteiger partial charge in [-0.3, -0.25) is 9.78 Å². The molecule has 4 aromatic carbocycles. The second kappa shape index (κ2) is 15.4. The van der Waals surface area contributed by atoms with E-state index in [1.807, 2.05) is 27.7 Å². The van der Waals surface area contributed by atoms with Crippen molar-refractivity contribution in [2.24, 2.45) is 11.8 Å². The number of rotatable bonds is 8. The number of benzene rings is 4. The van der Waals surface area contributed by atoms with Crippen molar-refractivity contribution in [3.63, 3.8) is 0 Å². The molecule has 1 N–H and O–H groups in total. The molecule has 0 saturated carbocycles. The van der Waals surface area contributed by atoms with Crippen LogP contribution in [0.4, 0.5) is 0 Å². The Bertz CT molecular complexity index is 1730. The van der Waals surface area contributed by atoms with Crippen LogP contribution in [0.5, 0.6) is 0 Å². The van der Waals surface area contributed by atoms with Crippen molar-refractivity contribution < 1.29 is 30.0 Å². The van der Waals surface area contributed by atoms with Crippen molar-refractivity contribution in [2.75, 3.05) is 0 Å². The third kappa shape index (κ3) is 7.58. The maximum absolute atomic E-state index is 11.7. The summed E-state index contributed by atoms with van der Waals surface area (Å²) in [5.41, 5.74) is 6.52. The van der Waals surface area contributed by atoms with E-state index in [2.05, 4.69) is 91.4 Å². The first-order valence-corrected chi connectivity index (χ1v) is 15.2. The molecule has 227 valence electrons. The Labute approximate surface area is 270 Å². The number of aromatic nitrogens is 2. The standard InChI is InChI=1S/C25H19N2.C13H24O2.Ir/c1-15-10-16(2)12-19(11-15)25-23-13-22-20(17(3)24(23)26-14-27-25)9-8-18-6-4-5-7-21(18)22;1-5-10(6-2)12(14)9-13(15)11(7-3)8-4;/h4-11,13-14H,1-3H3;9-11,14H,5-8H2,1-4H3;/q-1;;/b;12-9-;. The molecule has 43 heavy (non-hydrogen) atoms. The van der Waals surface area contributed by atoms with E-state index in [0.717, 1.165) is 53.4 Å². The topological polar surface area (TPSA) is 63.1 Å². The van der Waals surface area contributed by atoms with Gasteiger partial charge in [-0.05, 0) is 70.8 Å². The van der Waals surface area contributed by atoms with Crippen LogP contribution in [-0.4, -0.2) is 20.9 Å². The van der Waals surface area contributed by atoms with Crippen LogP contribution in [0.3, 0.4) is 0 Å². The fourth-order valence-corrected chi connectivity index (χ4v) is 5.90. The van der Waals surface area contributed by atoms with E-state index in [9.17, 15) is 9.90 Å². The summed E-state index contributed by atoms with van der Waals surface area (Å²) in [5, 5.41) is 15.9. The van der Waals surface area contributed by atoms with Crippen LogP contribution < -0.4 is 0 Å². The van der Waals surface area contributed by atoms with Crippen LogP contribution in [0.2, 0.25) is 0 Å². The van der Waals surface area contributed by atoms with E-state index in [0.29, 0.717) is 0 Å². The van der Waals surface area contributed by atoms with E-state index in [1.54, 1.807) is 6.33 Å². The maximum atomic E-state index is 11.7. The minimum absolute atomic E-state index is 0. The molecule has 1 heterocycles. The van der Waals surface area contributed by atoms with Gasteiger partial charge in [-0.2, -0.15) is 0 Å². The van der Waals surface area contributed by atoms with Gasteiger partial charge in [0.2, 0.25) is 0 Å². The summed E-state index contributed by atoms with van der Waals surface area (Å²) in [6.45, 7) is 14.4. The minimum Gasteiger partial charge on any atom is -0.512 e. The molecule has 5 heteroatoms. The monoisotopic (exact) mass is 752 g/mol. The molecule has 0 bridgehead atoms. The molecule has 0 atom stereocenters. The SMILES string of the molecule is CCC(CC)C(=O)/C=C(\O)C(CC)CC.Cc1[c-]c(-c2ncnc3c(C)c4ccc5ccccc5c4cc23)cc(C)c1.[Ir]. The third-order valence-electron chi connectivity index (χ3n) is 8.39. The van der Waals surface area contributed by atoms with Crippen molar-refractivity contribution in [1.29, 1.82) is 0 Å². The summed E-state index contributed by atoms with van der Waals surface area (Å²) in [5.74, 6) is 0.547. The maximum Gasteiger partial charge on any atom is 0.162 e. The van der Waals surface area contributed by atoms with E-state index in [-0.39, 0.29) is 43.5 Å². The van der Waals surface area contributed by atoms with Crippen molar-refractivity contribution in [3.05, 3.63) is 95.5 Å². The smallest absolute Gasteiger partial charge is 0.162 e. The Morgan fingerprint density at radius 3 is 2.14 bits per heavy atom. The van der Waals surface area contributed by atoms with Gasteiger partial charge in [-0.25, -0.2) is 4.98 Å². The number of aliphatic hydroxyl groups is 1. The van der Waals surface area contributed by atoms with Crippen LogP contribution >= 0.6 is 0 Å². The van der Waals surface area contributed by atoms with E-state index in [1.165, 1.54) is 38.7 Å². The van der Waals surface area contributed by atoms with Gasteiger partial charge in [-0.1, -0.05) is 84.0 Å². The number of aryl methyl sites for hydroxylation is 3. The van der Waals surface area contributed by atoms with Gasteiger partial charge in [0.05, 0.1) is 11.3 Å². The van der Waals surface area contributed by atoms with E-state index < -0.39 is 0 Å². The van der Waals surface area contributed by atoms with Gasteiger partial charge in [-0.15, -0.1) is 34.9 Å². The summed E-state index contributed by atoms with van der Waals surface area (Å²) in [6, 6.07) is 22.9. The average molecular weight is 752 g/mol. The first kappa shape index (κ1) is 34.1. The molecule has 0 spiro atoms. The molecule has 0 aliphatic heterocycles. The molecule has 0 amide bonds. The van der Waals surface area contributed by atoms with Gasteiger partial charge >= 0.3 is 0 Å². The Kier molecular flexibility index (Phi) is 12.2. The van der Waals surface area contributed by atoms with Gasteiger partial charge < -0.3 is 5.11 Å². The van der Waals surface area contributed by atoms with Crippen LogP contribution in [-0.2, 0) is 24.9 Å². The normalized spacial score (nSPS) is 11.6. The molecule has 0 fully saturated rings. The number of allylic oxidation sites excluding steroid dienone is 2. The average Bonchev–Trinajstić information content (AvgIpc) is 2.98. The van der Waals surface area contributed by atoms with Crippen LogP contribution in [0.25, 0.3) is 43.7 Å². The van der Waals surface area contributed by atoms with Crippen LogP contribution in [0.1, 0.15) is 70.1 Å². The number of ketones is 1. The van der Waals surface area contributed by atoms with Crippen molar-refractivity contribution in [2.45, 2.75) is 74.1 Å². The second-order valence-corrected chi connectivity index (χ2v) is 11.3.